The van der Waals surface area contributed by atoms with E-state index in [9.17, 15) is 4.79 Å². The van der Waals surface area contributed by atoms with E-state index in [1.807, 2.05) is 6.92 Å². The minimum Gasteiger partial charge on any atom is -0.461 e. The number of hydrogen-bond acceptors (Lipinski definition) is 6. The first-order valence-electron chi connectivity index (χ1n) is 20.7. The molecule has 0 heterocycles. The van der Waals surface area contributed by atoms with Crippen molar-refractivity contribution in [2.45, 2.75) is 157 Å². The SMILES string of the molecule is CC[C@H](CC[C@@H](C)[C@H]1CC[C@H]2[C@@H]3CC=C4C[C@@H](OC(=O)[C@H](C)N(CCCN)CCCCNCCCN)CC[C@]4(C)[C@H]3CC[C@]12C)C(C)C.Cl.Cl.Cl.Cl. The maximum absolute atomic E-state index is 13.5. The van der Waals surface area contributed by atoms with E-state index >= 15 is 0 Å². The zero-order valence-corrected chi connectivity index (χ0v) is 37.4. The molecule has 3 fully saturated rings. The number of unbranched alkanes of at least 4 members (excludes halogenated alkanes) is 1. The zero-order valence-electron chi connectivity index (χ0n) is 34.2. The number of halogens is 4. The second-order valence-corrected chi connectivity index (χ2v) is 17.7. The molecular weight excluding hydrogens is 734 g/mol. The fourth-order valence-electron chi connectivity index (χ4n) is 11.5. The Morgan fingerprint density at radius 1 is 0.885 bits per heavy atom. The molecule has 52 heavy (non-hydrogen) atoms. The van der Waals surface area contributed by atoms with E-state index in [1.54, 1.807) is 5.57 Å². The highest BCUT2D eigenvalue weighted by Crippen LogP contribution is 2.67. The molecule has 4 rings (SSSR count). The van der Waals surface area contributed by atoms with Crippen LogP contribution in [0.5, 0.6) is 0 Å². The van der Waals surface area contributed by atoms with Gasteiger partial charge in [-0.05, 0) is 169 Å². The van der Waals surface area contributed by atoms with Crippen LogP contribution in [-0.2, 0) is 9.53 Å². The molecule has 0 aliphatic heterocycles. The third kappa shape index (κ3) is 12.6. The summed E-state index contributed by atoms with van der Waals surface area (Å²) in [7, 11) is 0. The van der Waals surface area contributed by atoms with E-state index in [2.05, 4.69) is 57.8 Å². The summed E-state index contributed by atoms with van der Waals surface area (Å²) in [4.78, 5) is 15.8. The van der Waals surface area contributed by atoms with Gasteiger partial charge in [0.25, 0.3) is 0 Å². The molecule has 0 unspecified atom stereocenters. The van der Waals surface area contributed by atoms with E-state index in [0.29, 0.717) is 12.0 Å². The molecule has 0 spiro atoms. The largest absolute Gasteiger partial charge is 0.461 e. The molecule has 0 saturated heterocycles. The summed E-state index contributed by atoms with van der Waals surface area (Å²) in [5.74, 6) is 5.88. The lowest BCUT2D eigenvalue weighted by atomic mass is 9.47. The molecule has 10 heteroatoms. The van der Waals surface area contributed by atoms with Crippen LogP contribution in [0.3, 0.4) is 0 Å². The Bertz CT molecular complexity index is 1040. The van der Waals surface area contributed by atoms with Gasteiger partial charge in [-0.1, -0.05) is 66.0 Å². The van der Waals surface area contributed by atoms with Crippen LogP contribution in [0.15, 0.2) is 11.6 Å². The van der Waals surface area contributed by atoms with Gasteiger partial charge in [-0.25, -0.2) is 0 Å². The summed E-state index contributed by atoms with van der Waals surface area (Å²) in [5, 5.41) is 3.47. The van der Waals surface area contributed by atoms with E-state index in [0.717, 1.165) is 119 Å². The molecule has 0 amide bonds. The highest BCUT2D eigenvalue weighted by atomic mass is 35.5. The summed E-state index contributed by atoms with van der Waals surface area (Å²) < 4.78 is 6.33. The molecule has 0 aromatic rings. The Kier molecular flexibility index (Phi) is 24.9. The van der Waals surface area contributed by atoms with Gasteiger partial charge in [0.05, 0.1) is 0 Å². The smallest absolute Gasteiger partial charge is 0.323 e. The Morgan fingerprint density at radius 2 is 1.56 bits per heavy atom. The van der Waals surface area contributed by atoms with E-state index in [1.165, 1.54) is 51.4 Å². The van der Waals surface area contributed by atoms with Crippen LogP contribution in [0.4, 0.5) is 0 Å². The van der Waals surface area contributed by atoms with Crippen molar-refractivity contribution in [3.63, 3.8) is 0 Å². The van der Waals surface area contributed by atoms with Crippen LogP contribution < -0.4 is 16.8 Å². The van der Waals surface area contributed by atoms with Crippen LogP contribution in [0, 0.1) is 52.3 Å². The van der Waals surface area contributed by atoms with Crippen LogP contribution in [0.2, 0.25) is 0 Å². The number of rotatable bonds is 20. The molecule has 0 aromatic heterocycles. The zero-order chi connectivity index (χ0) is 34.9. The van der Waals surface area contributed by atoms with Crippen LogP contribution >= 0.6 is 49.6 Å². The van der Waals surface area contributed by atoms with Gasteiger partial charge in [-0.3, -0.25) is 9.69 Å². The highest BCUT2D eigenvalue weighted by Gasteiger charge is 2.59. The van der Waals surface area contributed by atoms with Gasteiger partial charge in [0.1, 0.15) is 12.1 Å². The van der Waals surface area contributed by atoms with Crippen molar-refractivity contribution < 1.29 is 9.53 Å². The summed E-state index contributed by atoms with van der Waals surface area (Å²) in [6, 6.07) is -0.230. The van der Waals surface area contributed by atoms with Gasteiger partial charge in [-0.2, -0.15) is 0 Å². The lowest BCUT2D eigenvalue weighted by Gasteiger charge is -2.58. The monoisotopic (exact) mass is 815 g/mol. The molecule has 0 aromatic carbocycles. The maximum Gasteiger partial charge on any atom is 0.323 e. The Labute approximate surface area is 345 Å². The summed E-state index contributed by atoms with van der Waals surface area (Å²) in [5.41, 5.74) is 13.9. The molecule has 4 aliphatic carbocycles. The van der Waals surface area contributed by atoms with Crippen molar-refractivity contribution in [1.29, 1.82) is 0 Å². The number of nitrogens with zero attached hydrogens (tertiary/aromatic N) is 1. The molecule has 6 nitrogen and oxygen atoms in total. The van der Waals surface area contributed by atoms with E-state index < -0.39 is 0 Å². The molecule has 4 aliphatic rings. The van der Waals surface area contributed by atoms with Gasteiger partial charge >= 0.3 is 5.97 Å². The average Bonchev–Trinajstić information content (AvgIpc) is 3.43. The van der Waals surface area contributed by atoms with Gasteiger partial charge in [0.15, 0.2) is 0 Å². The van der Waals surface area contributed by atoms with Crippen LogP contribution in [0.25, 0.3) is 0 Å². The van der Waals surface area contributed by atoms with Crippen molar-refractivity contribution in [2.24, 2.45) is 63.7 Å². The van der Waals surface area contributed by atoms with Gasteiger partial charge in [-0.15, -0.1) is 49.6 Å². The summed E-state index contributed by atoms with van der Waals surface area (Å²) in [6.07, 6.45) is 20.9. The molecule has 0 bridgehead atoms. The predicted molar refractivity (Wildman–Crippen MR) is 232 cm³/mol. The summed E-state index contributed by atoms with van der Waals surface area (Å²) >= 11 is 0. The number of nitrogens with one attached hydrogen (secondary N) is 1. The number of esters is 1. The maximum atomic E-state index is 13.5. The number of hydrogen-bond donors (Lipinski definition) is 3. The molecule has 10 atom stereocenters. The molecule has 3 saturated carbocycles. The standard InChI is InChI=1S/C42H78N4O2.4ClH/c1-8-33(30(2)3)14-13-31(4)37-17-18-38-36-16-15-34-29-35(19-21-41(34,6)39(36)20-22-42(37,38)7)48-40(47)32(5)46(28-12-24-44)27-10-9-25-45-26-11-23-43;;;;/h15,30-33,35-39,45H,8-14,16-29,43-44H2,1-7H3;4*1H/t31-,32+,33-,35+,36+,37-,38+,39+,41+,42-;;;;/m1..../s1. The predicted octanol–water partition coefficient (Wildman–Crippen LogP) is 10.0. The molecule has 0 radical (unpaired) electrons. The first-order chi connectivity index (χ1) is 23.0. The van der Waals surface area contributed by atoms with Crippen molar-refractivity contribution in [3.8, 4) is 0 Å². The Balaban J connectivity index is 0.00000650. The third-order valence-corrected chi connectivity index (χ3v) is 14.7. The average molecular weight is 817 g/mol. The lowest BCUT2D eigenvalue weighted by molar-refractivity contribution is -0.157. The normalized spacial score (nSPS) is 30.9. The number of carbonyl (C=O) groups excluding carboxylic acids is 1. The molecule has 310 valence electrons. The van der Waals surface area contributed by atoms with Crippen molar-refractivity contribution in [2.75, 3.05) is 39.3 Å². The van der Waals surface area contributed by atoms with Crippen molar-refractivity contribution in [1.82, 2.24) is 10.2 Å². The second kappa shape index (κ2) is 24.8. The van der Waals surface area contributed by atoms with E-state index in [4.69, 9.17) is 16.2 Å². The number of fused-ring (bicyclic) bond motifs is 5. The summed E-state index contributed by atoms with van der Waals surface area (Å²) in [6.45, 7) is 22.3. The van der Waals surface area contributed by atoms with Crippen molar-refractivity contribution in [3.05, 3.63) is 11.6 Å². The van der Waals surface area contributed by atoms with Crippen LogP contribution in [0.1, 0.15) is 145 Å². The number of ether oxygens (including phenoxy) is 1. The van der Waals surface area contributed by atoms with Crippen LogP contribution in [-0.4, -0.2) is 62.3 Å². The lowest BCUT2D eigenvalue weighted by Crippen LogP contribution is -2.51. The quantitative estimate of drug-likeness (QED) is 0.0644. The first-order valence-corrected chi connectivity index (χ1v) is 20.7. The van der Waals surface area contributed by atoms with Crippen molar-refractivity contribution >= 4 is 55.6 Å². The molecule has 5 N–H and O–H groups in total. The fraction of sp³-hybridized carbons (Fsp3) is 0.929. The third-order valence-electron chi connectivity index (χ3n) is 14.7. The van der Waals surface area contributed by atoms with Gasteiger partial charge in [0, 0.05) is 13.0 Å². The minimum absolute atomic E-state index is 0. The Hall–Kier alpha value is 0.210. The second-order valence-electron chi connectivity index (χ2n) is 17.7. The highest BCUT2D eigenvalue weighted by molar-refractivity contribution is 5.86. The molecular formula is C42H82Cl4N4O2. The fourth-order valence-corrected chi connectivity index (χ4v) is 11.5. The number of allylic oxidation sites excluding steroid dienone is 1. The number of nitrogens with two attached hydrogens (primary N) is 2. The van der Waals surface area contributed by atoms with Gasteiger partial charge in [0.2, 0.25) is 0 Å². The van der Waals surface area contributed by atoms with Gasteiger partial charge < -0.3 is 21.5 Å². The first kappa shape index (κ1) is 52.2. The topological polar surface area (TPSA) is 93.6 Å². The Morgan fingerprint density at radius 3 is 2.21 bits per heavy atom. The minimum atomic E-state index is -0.230. The number of carbonyl (C=O) groups is 1. The van der Waals surface area contributed by atoms with E-state index in [-0.39, 0.29) is 73.2 Å².